The number of rotatable bonds is 3. The first-order valence-corrected chi connectivity index (χ1v) is 6.25. The van der Waals surface area contributed by atoms with Gasteiger partial charge in [0.25, 0.3) is 0 Å². The van der Waals surface area contributed by atoms with E-state index in [0.717, 1.165) is 19.0 Å². The van der Waals surface area contributed by atoms with Crippen molar-refractivity contribution in [3.05, 3.63) is 35.9 Å². The molecular formula is C14H19NO. The van der Waals surface area contributed by atoms with Crippen molar-refractivity contribution in [3.8, 4) is 0 Å². The van der Waals surface area contributed by atoms with Gasteiger partial charge in [0, 0.05) is 12.1 Å². The monoisotopic (exact) mass is 217 g/mol. The molecule has 0 radical (unpaired) electrons. The van der Waals surface area contributed by atoms with Gasteiger partial charge >= 0.3 is 0 Å². The summed E-state index contributed by atoms with van der Waals surface area (Å²) in [6, 6.07) is 10.6. The smallest absolute Gasteiger partial charge is 0.0618 e. The number of nitrogens with zero attached hydrogens (tertiary/aromatic N) is 1. The van der Waals surface area contributed by atoms with Gasteiger partial charge in [0.05, 0.1) is 6.61 Å². The normalized spacial score (nSPS) is 33.4. The minimum atomic E-state index is 0.135. The second-order valence-corrected chi connectivity index (χ2v) is 5.19. The fourth-order valence-corrected chi connectivity index (χ4v) is 3.39. The van der Waals surface area contributed by atoms with Crippen molar-refractivity contribution in [1.82, 2.24) is 4.90 Å². The van der Waals surface area contributed by atoms with Crippen molar-refractivity contribution >= 4 is 0 Å². The lowest BCUT2D eigenvalue weighted by Crippen LogP contribution is -2.56. The molecule has 2 nitrogen and oxygen atoms in total. The number of benzene rings is 1. The van der Waals surface area contributed by atoms with Crippen LogP contribution in [-0.2, 0) is 6.54 Å². The molecule has 1 saturated carbocycles. The van der Waals surface area contributed by atoms with E-state index in [1.54, 1.807) is 0 Å². The Hall–Kier alpha value is -0.860. The van der Waals surface area contributed by atoms with E-state index in [-0.39, 0.29) is 5.54 Å². The second kappa shape index (κ2) is 3.86. The minimum absolute atomic E-state index is 0.135. The standard InChI is InChI=1S/C14H19NO/c16-11-14-8-6-13(14)7-9-15(14)10-12-4-2-1-3-5-12/h1-5,13,16H,6-11H2/t13-,14+/m1/s1. The second-order valence-electron chi connectivity index (χ2n) is 5.19. The minimum Gasteiger partial charge on any atom is -0.394 e. The molecule has 2 atom stereocenters. The SMILES string of the molecule is OC[C@@]12CC[C@@H]1CCN2Cc1ccccc1. The van der Waals surface area contributed by atoms with Crippen LogP contribution in [0.25, 0.3) is 0 Å². The number of fused-ring (bicyclic) bond motifs is 1. The number of hydrogen-bond donors (Lipinski definition) is 1. The van der Waals surface area contributed by atoms with Gasteiger partial charge in [-0.2, -0.15) is 0 Å². The Kier molecular flexibility index (Phi) is 2.49. The van der Waals surface area contributed by atoms with Crippen LogP contribution in [0.3, 0.4) is 0 Å². The van der Waals surface area contributed by atoms with Crippen LogP contribution in [0.4, 0.5) is 0 Å². The molecular weight excluding hydrogens is 198 g/mol. The largest absolute Gasteiger partial charge is 0.394 e. The van der Waals surface area contributed by atoms with Gasteiger partial charge in [0.1, 0.15) is 0 Å². The zero-order valence-corrected chi connectivity index (χ0v) is 9.60. The van der Waals surface area contributed by atoms with Crippen molar-refractivity contribution in [2.45, 2.75) is 31.3 Å². The van der Waals surface area contributed by atoms with E-state index in [9.17, 15) is 5.11 Å². The molecule has 0 amide bonds. The molecule has 0 spiro atoms. The van der Waals surface area contributed by atoms with Crippen molar-refractivity contribution in [2.24, 2.45) is 5.92 Å². The lowest BCUT2D eigenvalue weighted by atomic mass is 9.67. The maximum absolute atomic E-state index is 9.65. The first-order chi connectivity index (χ1) is 7.85. The Morgan fingerprint density at radius 2 is 2.06 bits per heavy atom. The third-order valence-electron chi connectivity index (χ3n) is 4.55. The van der Waals surface area contributed by atoms with Crippen LogP contribution in [0.1, 0.15) is 24.8 Å². The Labute approximate surface area is 96.9 Å². The highest BCUT2D eigenvalue weighted by molar-refractivity contribution is 5.17. The summed E-state index contributed by atoms with van der Waals surface area (Å²) in [5, 5.41) is 9.65. The topological polar surface area (TPSA) is 23.5 Å². The van der Waals surface area contributed by atoms with E-state index < -0.39 is 0 Å². The molecule has 1 aliphatic heterocycles. The molecule has 1 aromatic rings. The van der Waals surface area contributed by atoms with Crippen molar-refractivity contribution in [1.29, 1.82) is 0 Å². The van der Waals surface area contributed by atoms with E-state index >= 15 is 0 Å². The first-order valence-electron chi connectivity index (χ1n) is 6.25. The molecule has 1 aliphatic carbocycles. The highest BCUT2D eigenvalue weighted by atomic mass is 16.3. The third-order valence-corrected chi connectivity index (χ3v) is 4.55. The first kappa shape index (κ1) is 10.3. The van der Waals surface area contributed by atoms with E-state index in [2.05, 4.69) is 35.2 Å². The van der Waals surface area contributed by atoms with Gasteiger partial charge in [0.2, 0.25) is 0 Å². The Balaban J connectivity index is 1.76. The van der Waals surface area contributed by atoms with Crippen molar-refractivity contribution < 1.29 is 5.11 Å². The summed E-state index contributed by atoms with van der Waals surface area (Å²) >= 11 is 0. The van der Waals surface area contributed by atoms with Crippen LogP contribution >= 0.6 is 0 Å². The predicted molar refractivity (Wildman–Crippen MR) is 64.0 cm³/mol. The van der Waals surface area contributed by atoms with Gasteiger partial charge in [-0.3, -0.25) is 4.90 Å². The molecule has 1 heterocycles. The van der Waals surface area contributed by atoms with Crippen LogP contribution in [0, 0.1) is 5.92 Å². The van der Waals surface area contributed by atoms with E-state index in [1.807, 2.05) is 0 Å². The maximum Gasteiger partial charge on any atom is 0.0618 e. The summed E-state index contributed by atoms with van der Waals surface area (Å²) in [6.45, 7) is 2.49. The molecule has 1 saturated heterocycles. The Morgan fingerprint density at radius 3 is 2.69 bits per heavy atom. The molecule has 0 unspecified atom stereocenters. The molecule has 0 bridgehead atoms. The van der Waals surface area contributed by atoms with Crippen LogP contribution in [0.5, 0.6) is 0 Å². The fourth-order valence-electron chi connectivity index (χ4n) is 3.39. The van der Waals surface area contributed by atoms with E-state index in [0.29, 0.717) is 6.61 Å². The van der Waals surface area contributed by atoms with Crippen molar-refractivity contribution in [2.75, 3.05) is 13.2 Å². The van der Waals surface area contributed by atoms with Gasteiger partial charge in [-0.1, -0.05) is 30.3 Å². The van der Waals surface area contributed by atoms with Crippen LogP contribution in [0.15, 0.2) is 30.3 Å². The quantitative estimate of drug-likeness (QED) is 0.837. The van der Waals surface area contributed by atoms with E-state index in [1.165, 1.54) is 24.8 Å². The summed E-state index contributed by atoms with van der Waals surface area (Å²) in [6.07, 6.45) is 3.76. The van der Waals surface area contributed by atoms with Crippen molar-refractivity contribution in [3.63, 3.8) is 0 Å². The average molecular weight is 217 g/mol. The van der Waals surface area contributed by atoms with Crippen LogP contribution in [0.2, 0.25) is 0 Å². The van der Waals surface area contributed by atoms with E-state index in [4.69, 9.17) is 0 Å². The van der Waals surface area contributed by atoms with Crippen LogP contribution in [-0.4, -0.2) is 28.7 Å². The zero-order valence-electron chi connectivity index (χ0n) is 9.60. The molecule has 16 heavy (non-hydrogen) atoms. The third kappa shape index (κ3) is 1.40. The summed E-state index contributed by atoms with van der Waals surface area (Å²) in [5.74, 6) is 0.751. The zero-order chi connectivity index (χ0) is 11.0. The summed E-state index contributed by atoms with van der Waals surface area (Å²) in [7, 11) is 0. The summed E-state index contributed by atoms with van der Waals surface area (Å²) < 4.78 is 0. The van der Waals surface area contributed by atoms with Crippen LogP contribution < -0.4 is 0 Å². The fraction of sp³-hybridized carbons (Fsp3) is 0.571. The number of aliphatic hydroxyl groups is 1. The lowest BCUT2D eigenvalue weighted by Gasteiger charge is -2.49. The molecule has 3 rings (SSSR count). The molecule has 2 heteroatoms. The molecule has 0 aromatic heterocycles. The molecule has 2 fully saturated rings. The summed E-state index contributed by atoms with van der Waals surface area (Å²) in [4.78, 5) is 2.50. The number of hydrogen-bond acceptors (Lipinski definition) is 2. The van der Waals surface area contributed by atoms with Gasteiger partial charge in [-0.15, -0.1) is 0 Å². The molecule has 2 aliphatic rings. The Morgan fingerprint density at radius 1 is 1.25 bits per heavy atom. The van der Waals surface area contributed by atoms with Gasteiger partial charge in [-0.25, -0.2) is 0 Å². The van der Waals surface area contributed by atoms with Gasteiger partial charge < -0.3 is 5.11 Å². The molecule has 1 aromatic carbocycles. The lowest BCUT2D eigenvalue weighted by molar-refractivity contribution is -0.0337. The average Bonchev–Trinajstić information content (AvgIpc) is 2.52. The van der Waals surface area contributed by atoms with Gasteiger partial charge in [-0.05, 0) is 37.3 Å². The van der Waals surface area contributed by atoms with Gasteiger partial charge in [0.15, 0.2) is 0 Å². The molecule has 86 valence electrons. The highest BCUT2D eigenvalue weighted by Gasteiger charge is 2.54. The molecule has 1 N–H and O–H groups in total. The highest BCUT2D eigenvalue weighted by Crippen LogP contribution is 2.50. The maximum atomic E-state index is 9.65. The Bertz CT molecular complexity index is 360. The number of likely N-dealkylation sites (tertiary alicyclic amines) is 1. The number of aliphatic hydroxyl groups excluding tert-OH is 1. The predicted octanol–water partition coefficient (Wildman–Crippen LogP) is 2.03. The summed E-state index contributed by atoms with van der Waals surface area (Å²) in [5.41, 5.74) is 1.50.